The molecule has 3 aliphatic rings. The summed E-state index contributed by atoms with van der Waals surface area (Å²) in [6.45, 7) is 2.72. The van der Waals surface area contributed by atoms with Crippen molar-refractivity contribution in [2.45, 2.75) is 23.8 Å². The fourth-order valence-electron chi connectivity index (χ4n) is 3.52. The van der Waals surface area contributed by atoms with Crippen LogP contribution < -0.4 is 5.14 Å². The van der Waals surface area contributed by atoms with E-state index in [0.717, 1.165) is 26.1 Å². The second-order valence-corrected chi connectivity index (χ2v) is 7.91. The maximum Gasteiger partial charge on any atom is 0.254 e. The number of fused-ring (bicyclic) bond motifs is 4. The number of sulfonamides is 1. The zero-order chi connectivity index (χ0) is 15.9. The van der Waals surface area contributed by atoms with E-state index in [9.17, 15) is 13.2 Å². The molecule has 0 radical (unpaired) electrons. The SMILES string of the molecule is CN1C[C@@H]2CC[C@H](C1)N(C(=O)c1ccc(S(N)(=O)=O)cc1)C2. The van der Waals surface area contributed by atoms with Gasteiger partial charge in [0.25, 0.3) is 5.91 Å². The van der Waals surface area contributed by atoms with Crippen LogP contribution in [-0.2, 0) is 10.0 Å². The van der Waals surface area contributed by atoms with Gasteiger partial charge in [-0.3, -0.25) is 4.79 Å². The lowest BCUT2D eigenvalue weighted by Gasteiger charge is -2.36. The van der Waals surface area contributed by atoms with Crippen LogP contribution in [0.1, 0.15) is 23.2 Å². The number of hydrogen-bond donors (Lipinski definition) is 1. The average molecular weight is 323 g/mol. The number of nitrogens with zero attached hydrogens (tertiary/aromatic N) is 2. The normalized spacial score (nSPS) is 26.0. The molecule has 0 saturated carbocycles. The average Bonchev–Trinajstić information content (AvgIpc) is 2.74. The fourth-order valence-corrected chi connectivity index (χ4v) is 4.03. The third kappa shape index (κ3) is 3.02. The lowest BCUT2D eigenvalue weighted by molar-refractivity contribution is 0.0587. The zero-order valence-electron chi connectivity index (χ0n) is 12.6. The minimum atomic E-state index is -3.72. The Morgan fingerprint density at radius 1 is 1.14 bits per heavy atom. The fraction of sp³-hybridized carbons (Fsp3) is 0.533. The molecule has 3 heterocycles. The molecule has 22 heavy (non-hydrogen) atoms. The van der Waals surface area contributed by atoms with Gasteiger partial charge in [-0.15, -0.1) is 0 Å². The number of rotatable bonds is 2. The number of piperidine rings is 1. The summed E-state index contributed by atoms with van der Waals surface area (Å²) >= 11 is 0. The van der Waals surface area contributed by atoms with Crippen LogP contribution in [-0.4, -0.2) is 56.8 Å². The van der Waals surface area contributed by atoms with Gasteiger partial charge in [-0.1, -0.05) is 0 Å². The summed E-state index contributed by atoms with van der Waals surface area (Å²) in [5.74, 6) is 0.502. The van der Waals surface area contributed by atoms with Crippen LogP contribution in [0.15, 0.2) is 29.2 Å². The summed E-state index contributed by atoms with van der Waals surface area (Å²) in [6, 6.07) is 6.12. The first-order valence-electron chi connectivity index (χ1n) is 7.47. The third-order valence-corrected chi connectivity index (χ3v) is 5.52. The highest BCUT2D eigenvalue weighted by Gasteiger charge is 2.36. The van der Waals surface area contributed by atoms with Gasteiger partial charge in [0.15, 0.2) is 0 Å². The molecule has 0 unspecified atom stereocenters. The van der Waals surface area contributed by atoms with E-state index in [2.05, 4.69) is 11.9 Å². The van der Waals surface area contributed by atoms with Crippen molar-refractivity contribution in [2.24, 2.45) is 11.1 Å². The van der Waals surface area contributed by atoms with Gasteiger partial charge in [-0.05, 0) is 50.1 Å². The van der Waals surface area contributed by atoms with Crippen LogP contribution in [0.3, 0.4) is 0 Å². The number of amides is 1. The van der Waals surface area contributed by atoms with Crippen LogP contribution in [0.25, 0.3) is 0 Å². The molecule has 1 aromatic carbocycles. The van der Waals surface area contributed by atoms with Gasteiger partial charge in [0.1, 0.15) is 0 Å². The molecule has 3 aliphatic heterocycles. The minimum absolute atomic E-state index is 0.0223. The molecule has 2 bridgehead atoms. The van der Waals surface area contributed by atoms with E-state index in [0.29, 0.717) is 11.5 Å². The third-order valence-electron chi connectivity index (χ3n) is 4.59. The van der Waals surface area contributed by atoms with Gasteiger partial charge >= 0.3 is 0 Å². The van der Waals surface area contributed by atoms with E-state index in [1.807, 2.05) is 4.90 Å². The Morgan fingerprint density at radius 2 is 1.82 bits per heavy atom. The minimum Gasteiger partial charge on any atom is -0.334 e. The maximum atomic E-state index is 12.7. The number of nitrogens with two attached hydrogens (primary N) is 1. The van der Waals surface area contributed by atoms with Gasteiger partial charge in [-0.25, -0.2) is 13.6 Å². The molecule has 2 atom stereocenters. The van der Waals surface area contributed by atoms with Crippen LogP contribution in [0.2, 0.25) is 0 Å². The summed E-state index contributed by atoms with van der Waals surface area (Å²) in [4.78, 5) is 17.0. The van der Waals surface area contributed by atoms with Crippen LogP contribution in [0.4, 0.5) is 0 Å². The molecule has 7 heteroatoms. The van der Waals surface area contributed by atoms with E-state index in [-0.39, 0.29) is 16.8 Å². The molecule has 0 aliphatic carbocycles. The monoisotopic (exact) mass is 323 g/mol. The molecule has 1 aromatic rings. The summed E-state index contributed by atoms with van der Waals surface area (Å²) < 4.78 is 22.6. The predicted octanol–water partition coefficient (Wildman–Crippen LogP) is 0.500. The number of benzene rings is 1. The molecule has 0 aromatic heterocycles. The Hall–Kier alpha value is -1.44. The zero-order valence-corrected chi connectivity index (χ0v) is 13.4. The Morgan fingerprint density at radius 3 is 2.45 bits per heavy atom. The van der Waals surface area contributed by atoms with Gasteiger partial charge in [0.2, 0.25) is 10.0 Å². The Kier molecular flexibility index (Phi) is 3.96. The first kappa shape index (κ1) is 15.5. The summed E-state index contributed by atoms with van der Waals surface area (Å²) in [5.41, 5.74) is 0.516. The molecule has 3 saturated heterocycles. The van der Waals surface area contributed by atoms with Gasteiger partial charge < -0.3 is 9.80 Å². The summed E-state index contributed by atoms with van der Waals surface area (Å²) in [6.07, 6.45) is 2.21. The van der Waals surface area contributed by atoms with E-state index in [4.69, 9.17) is 5.14 Å². The van der Waals surface area contributed by atoms with Crippen molar-refractivity contribution in [2.75, 3.05) is 26.7 Å². The Labute approximate surface area is 130 Å². The predicted molar refractivity (Wildman–Crippen MR) is 82.9 cm³/mol. The van der Waals surface area contributed by atoms with E-state index in [1.165, 1.54) is 18.6 Å². The van der Waals surface area contributed by atoms with Gasteiger partial charge in [-0.2, -0.15) is 0 Å². The molecule has 120 valence electrons. The largest absolute Gasteiger partial charge is 0.334 e. The van der Waals surface area contributed by atoms with Gasteiger partial charge in [0.05, 0.1) is 4.90 Å². The summed E-state index contributed by atoms with van der Waals surface area (Å²) in [7, 11) is -1.63. The quantitative estimate of drug-likeness (QED) is 0.859. The molecule has 0 spiro atoms. The van der Waals surface area contributed by atoms with Gasteiger partial charge in [0, 0.05) is 31.2 Å². The molecular formula is C15H21N3O3S. The Bertz CT molecular complexity index is 672. The van der Waals surface area contributed by atoms with Crippen molar-refractivity contribution in [3.8, 4) is 0 Å². The highest BCUT2D eigenvalue weighted by Crippen LogP contribution is 2.28. The van der Waals surface area contributed by atoms with Crippen molar-refractivity contribution in [1.29, 1.82) is 0 Å². The number of carbonyl (C=O) groups is 1. The number of likely N-dealkylation sites (N-methyl/N-ethyl adjacent to an activating group) is 1. The number of carbonyl (C=O) groups excluding carboxylic acids is 1. The van der Waals surface area contributed by atoms with Crippen LogP contribution >= 0.6 is 0 Å². The first-order chi connectivity index (χ1) is 10.3. The van der Waals surface area contributed by atoms with Crippen molar-refractivity contribution in [3.05, 3.63) is 29.8 Å². The van der Waals surface area contributed by atoms with Crippen molar-refractivity contribution < 1.29 is 13.2 Å². The lowest BCUT2D eigenvalue weighted by Crippen LogP contribution is -2.47. The van der Waals surface area contributed by atoms with E-state index in [1.54, 1.807) is 12.1 Å². The van der Waals surface area contributed by atoms with Crippen LogP contribution in [0, 0.1) is 5.92 Å². The topological polar surface area (TPSA) is 83.7 Å². The van der Waals surface area contributed by atoms with E-state index < -0.39 is 10.0 Å². The number of hydrogen-bond acceptors (Lipinski definition) is 4. The maximum absolute atomic E-state index is 12.7. The standard InChI is InChI=1S/C15H21N3O3S/c1-17-8-11-2-5-13(10-17)18(9-11)15(19)12-3-6-14(7-4-12)22(16,20)21/h3-4,6-7,11,13H,2,5,8-10H2,1H3,(H2,16,20,21)/t11-,13+/m0/s1. The Balaban J connectivity index is 1.82. The smallest absolute Gasteiger partial charge is 0.254 e. The molecule has 3 fully saturated rings. The molecule has 2 N–H and O–H groups in total. The van der Waals surface area contributed by atoms with Crippen molar-refractivity contribution in [3.63, 3.8) is 0 Å². The van der Waals surface area contributed by atoms with E-state index >= 15 is 0 Å². The first-order valence-corrected chi connectivity index (χ1v) is 9.01. The highest BCUT2D eigenvalue weighted by molar-refractivity contribution is 7.89. The van der Waals surface area contributed by atoms with Crippen molar-refractivity contribution in [1.82, 2.24) is 9.80 Å². The second kappa shape index (κ2) is 5.64. The van der Waals surface area contributed by atoms with Crippen LogP contribution in [0.5, 0.6) is 0 Å². The molecule has 1 amide bonds. The molecular weight excluding hydrogens is 302 g/mol. The number of primary sulfonamides is 1. The molecule has 4 rings (SSSR count). The highest BCUT2D eigenvalue weighted by atomic mass is 32.2. The lowest BCUT2D eigenvalue weighted by atomic mass is 9.94. The summed E-state index contributed by atoms with van der Waals surface area (Å²) in [5, 5.41) is 5.08. The second-order valence-electron chi connectivity index (χ2n) is 6.35. The van der Waals surface area contributed by atoms with Crippen molar-refractivity contribution >= 4 is 15.9 Å². The molecule has 6 nitrogen and oxygen atoms in total.